The number of carbonyl (C=O) groups is 2. The summed E-state index contributed by atoms with van der Waals surface area (Å²) in [6.45, 7) is 6.48. The largest absolute Gasteiger partial charge is 0.364 e. The normalized spacial score (nSPS) is 10.8. The van der Waals surface area contributed by atoms with Gasteiger partial charge in [-0.3, -0.25) is 19.0 Å². The van der Waals surface area contributed by atoms with Crippen molar-refractivity contribution in [1.29, 1.82) is 0 Å². The average Bonchev–Trinajstić information content (AvgIpc) is 3.02. The second-order valence-corrected chi connectivity index (χ2v) is 5.50. The minimum absolute atomic E-state index is 0.0503. The third kappa shape index (κ3) is 3.70. The van der Waals surface area contributed by atoms with E-state index in [4.69, 9.17) is 17.3 Å². The number of hydrogen-bond donors (Lipinski definition) is 2. The fourth-order valence-electron chi connectivity index (χ4n) is 2.17. The SMILES string of the molecule is CCn1cc(NC(=O)CCn2nc(C)c(Cl)c2C)c(C(N)=O)n1. The lowest BCUT2D eigenvalue weighted by atomic mass is 10.3. The van der Waals surface area contributed by atoms with Crippen LogP contribution in [0.3, 0.4) is 0 Å². The Hall–Kier alpha value is -2.35. The van der Waals surface area contributed by atoms with Gasteiger partial charge in [-0.05, 0) is 20.8 Å². The molecule has 0 unspecified atom stereocenters. The lowest BCUT2D eigenvalue weighted by Crippen LogP contribution is -2.19. The first-order valence-electron chi connectivity index (χ1n) is 7.20. The molecule has 124 valence electrons. The highest BCUT2D eigenvalue weighted by Crippen LogP contribution is 2.19. The van der Waals surface area contributed by atoms with Crippen molar-refractivity contribution in [3.8, 4) is 0 Å². The third-order valence-corrected chi connectivity index (χ3v) is 3.98. The van der Waals surface area contributed by atoms with E-state index in [-0.39, 0.29) is 18.0 Å². The van der Waals surface area contributed by atoms with E-state index in [1.165, 1.54) is 4.68 Å². The third-order valence-electron chi connectivity index (χ3n) is 3.44. The first kappa shape index (κ1) is 17.0. The first-order valence-corrected chi connectivity index (χ1v) is 7.57. The average molecular weight is 339 g/mol. The van der Waals surface area contributed by atoms with Crippen LogP contribution >= 0.6 is 11.6 Å². The standard InChI is InChI=1S/C14H19ClN6O2/c1-4-20-7-10(13(19-20)14(16)23)17-11(22)5-6-21-9(3)12(15)8(2)18-21/h7H,4-6H2,1-3H3,(H2,16,23)(H,17,22). The number of carbonyl (C=O) groups excluding carboxylic acids is 2. The van der Waals surface area contributed by atoms with Gasteiger partial charge < -0.3 is 11.1 Å². The van der Waals surface area contributed by atoms with Crippen LogP contribution in [0.1, 0.15) is 35.2 Å². The monoisotopic (exact) mass is 338 g/mol. The molecule has 9 heteroatoms. The fraction of sp³-hybridized carbons (Fsp3) is 0.429. The maximum absolute atomic E-state index is 12.1. The minimum Gasteiger partial charge on any atom is -0.364 e. The molecular formula is C14H19ClN6O2. The van der Waals surface area contributed by atoms with Gasteiger partial charge in [0, 0.05) is 19.2 Å². The molecule has 2 amide bonds. The molecule has 0 aliphatic heterocycles. The predicted molar refractivity (Wildman–Crippen MR) is 86.4 cm³/mol. The molecule has 2 rings (SSSR count). The topological polar surface area (TPSA) is 108 Å². The minimum atomic E-state index is -0.683. The smallest absolute Gasteiger partial charge is 0.271 e. The van der Waals surface area contributed by atoms with Crippen LogP contribution in [0.4, 0.5) is 5.69 Å². The van der Waals surface area contributed by atoms with Crippen molar-refractivity contribution in [1.82, 2.24) is 19.6 Å². The summed E-state index contributed by atoms with van der Waals surface area (Å²) in [7, 11) is 0. The van der Waals surface area contributed by atoms with E-state index in [0.717, 1.165) is 11.4 Å². The Kier molecular flexibility index (Phi) is 5.05. The molecule has 0 saturated heterocycles. The zero-order chi connectivity index (χ0) is 17.1. The number of aryl methyl sites for hydroxylation is 3. The summed E-state index contributed by atoms with van der Waals surface area (Å²) in [6.07, 6.45) is 1.77. The first-order chi connectivity index (χ1) is 10.8. The molecule has 0 aliphatic rings. The van der Waals surface area contributed by atoms with Crippen LogP contribution in [0, 0.1) is 13.8 Å². The van der Waals surface area contributed by atoms with Gasteiger partial charge in [-0.2, -0.15) is 10.2 Å². The van der Waals surface area contributed by atoms with E-state index in [1.54, 1.807) is 10.9 Å². The number of anilines is 1. The van der Waals surface area contributed by atoms with E-state index in [9.17, 15) is 9.59 Å². The van der Waals surface area contributed by atoms with Crippen molar-refractivity contribution in [2.45, 2.75) is 40.3 Å². The number of nitrogens with zero attached hydrogens (tertiary/aromatic N) is 4. The van der Waals surface area contributed by atoms with Crippen molar-refractivity contribution < 1.29 is 9.59 Å². The molecule has 0 radical (unpaired) electrons. The molecule has 2 aromatic heterocycles. The van der Waals surface area contributed by atoms with Crippen molar-refractivity contribution in [3.63, 3.8) is 0 Å². The van der Waals surface area contributed by atoms with Crippen LogP contribution in [0.2, 0.25) is 5.02 Å². The molecule has 8 nitrogen and oxygen atoms in total. The Morgan fingerprint density at radius 2 is 2.04 bits per heavy atom. The highest BCUT2D eigenvalue weighted by molar-refractivity contribution is 6.31. The molecule has 0 aliphatic carbocycles. The van der Waals surface area contributed by atoms with Gasteiger partial charge in [0.25, 0.3) is 5.91 Å². The van der Waals surface area contributed by atoms with Crippen LogP contribution < -0.4 is 11.1 Å². The van der Waals surface area contributed by atoms with Gasteiger partial charge in [-0.1, -0.05) is 11.6 Å². The number of amides is 2. The summed E-state index contributed by atoms with van der Waals surface area (Å²) in [5.41, 5.74) is 7.17. The maximum atomic E-state index is 12.1. The molecule has 0 aromatic carbocycles. The summed E-state index contributed by atoms with van der Waals surface area (Å²) >= 11 is 6.07. The zero-order valence-corrected chi connectivity index (χ0v) is 14.0. The van der Waals surface area contributed by atoms with Crippen molar-refractivity contribution in [2.75, 3.05) is 5.32 Å². The maximum Gasteiger partial charge on any atom is 0.271 e. The highest BCUT2D eigenvalue weighted by atomic mass is 35.5. The van der Waals surface area contributed by atoms with Gasteiger partial charge in [0.15, 0.2) is 5.69 Å². The molecule has 0 fully saturated rings. The molecule has 2 heterocycles. The second-order valence-electron chi connectivity index (χ2n) is 5.12. The van der Waals surface area contributed by atoms with Crippen LogP contribution in [0.15, 0.2) is 6.20 Å². The highest BCUT2D eigenvalue weighted by Gasteiger charge is 2.16. The summed E-state index contributed by atoms with van der Waals surface area (Å²) < 4.78 is 3.22. The van der Waals surface area contributed by atoms with Gasteiger partial charge >= 0.3 is 0 Å². The van der Waals surface area contributed by atoms with Gasteiger partial charge in [-0.25, -0.2) is 0 Å². The quantitative estimate of drug-likeness (QED) is 0.831. The molecular weight excluding hydrogens is 320 g/mol. The van der Waals surface area contributed by atoms with Crippen LogP contribution in [-0.4, -0.2) is 31.4 Å². The Balaban J connectivity index is 2.04. The zero-order valence-electron chi connectivity index (χ0n) is 13.3. The number of hydrogen-bond acceptors (Lipinski definition) is 4. The molecule has 0 saturated carbocycles. The van der Waals surface area contributed by atoms with E-state index >= 15 is 0 Å². The lowest BCUT2D eigenvalue weighted by molar-refractivity contribution is -0.116. The number of halogens is 1. The molecule has 0 atom stereocenters. The van der Waals surface area contributed by atoms with Gasteiger partial charge in [0.2, 0.25) is 5.91 Å². The van der Waals surface area contributed by atoms with Crippen molar-refractivity contribution >= 4 is 29.1 Å². The van der Waals surface area contributed by atoms with E-state index in [1.807, 2.05) is 20.8 Å². The molecule has 0 bridgehead atoms. The summed E-state index contributed by atoms with van der Waals surface area (Å²) in [6, 6.07) is 0. The van der Waals surface area contributed by atoms with E-state index < -0.39 is 5.91 Å². The van der Waals surface area contributed by atoms with Crippen molar-refractivity contribution in [2.24, 2.45) is 5.73 Å². The number of nitrogens with two attached hydrogens (primary N) is 1. The number of nitrogens with one attached hydrogen (secondary N) is 1. The molecule has 3 N–H and O–H groups in total. The van der Waals surface area contributed by atoms with Gasteiger partial charge in [0.05, 0.1) is 28.6 Å². The Bertz CT molecular complexity index is 749. The van der Waals surface area contributed by atoms with Gasteiger partial charge in [-0.15, -0.1) is 0 Å². The molecule has 2 aromatic rings. The Labute approximate surface area is 138 Å². The number of primary amides is 1. The van der Waals surface area contributed by atoms with Gasteiger partial charge in [0.1, 0.15) is 0 Å². The molecule has 0 spiro atoms. The van der Waals surface area contributed by atoms with Crippen LogP contribution in [0.25, 0.3) is 0 Å². The lowest BCUT2D eigenvalue weighted by Gasteiger charge is -2.06. The summed E-state index contributed by atoms with van der Waals surface area (Å²) in [5, 5.41) is 11.6. The van der Waals surface area contributed by atoms with Crippen molar-refractivity contribution in [3.05, 3.63) is 28.3 Å². The Morgan fingerprint density at radius 3 is 2.57 bits per heavy atom. The Morgan fingerprint density at radius 1 is 1.35 bits per heavy atom. The van der Waals surface area contributed by atoms with Crippen LogP contribution in [-0.2, 0) is 17.9 Å². The van der Waals surface area contributed by atoms with E-state index in [0.29, 0.717) is 23.8 Å². The van der Waals surface area contributed by atoms with Crippen LogP contribution in [0.5, 0.6) is 0 Å². The number of aromatic nitrogens is 4. The summed E-state index contributed by atoms with van der Waals surface area (Å²) in [5.74, 6) is -0.940. The number of rotatable bonds is 6. The van der Waals surface area contributed by atoms with E-state index in [2.05, 4.69) is 15.5 Å². The fourth-order valence-corrected chi connectivity index (χ4v) is 2.31. The summed E-state index contributed by atoms with van der Waals surface area (Å²) in [4.78, 5) is 23.4. The predicted octanol–water partition coefficient (Wildman–Crippen LogP) is 1.50. The molecule has 23 heavy (non-hydrogen) atoms. The second kappa shape index (κ2) is 6.82.